The van der Waals surface area contributed by atoms with Crippen molar-refractivity contribution >= 4 is 11.4 Å². The number of nitrogens with two attached hydrogens (primary N) is 1. The van der Waals surface area contributed by atoms with Gasteiger partial charge in [0.05, 0.1) is 38.6 Å². The van der Waals surface area contributed by atoms with Gasteiger partial charge in [-0.3, -0.25) is 0 Å². The minimum atomic E-state index is 0.250. The molecule has 0 atom stereocenters. The van der Waals surface area contributed by atoms with E-state index in [9.17, 15) is 5.11 Å². The number of hydrogen-bond donors (Lipinski definition) is 2. The van der Waals surface area contributed by atoms with Crippen LogP contribution in [-0.2, 0) is 4.74 Å². The number of rotatable bonds is 6. The maximum atomic E-state index is 9.39. The molecule has 2 aliphatic rings. The van der Waals surface area contributed by atoms with Crippen molar-refractivity contribution in [1.82, 2.24) is 0 Å². The Hall–Kier alpha value is -1.50. The second-order valence-electron chi connectivity index (χ2n) is 6.49. The summed E-state index contributed by atoms with van der Waals surface area (Å²) in [6.45, 7) is 8.44. The largest absolute Gasteiger partial charge is 0.489 e. The molecule has 0 saturated carbocycles. The fraction of sp³-hybridized carbons (Fsp3) is 0.647. The van der Waals surface area contributed by atoms with Gasteiger partial charge in [0.25, 0.3) is 0 Å². The summed E-state index contributed by atoms with van der Waals surface area (Å²) in [6, 6.07) is 5.89. The first-order valence-corrected chi connectivity index (χ1v) is 8.53. The number of aliphatic hydroxyl groups excluding tert-OH is 1. The Labute approximate surface area is 138 Å². The first-order chi connectivity index (χ1) is 11.2. The van der Waals surface area contributed by atoms with Gasteiger partial charge in [0.1, 0.15) is 32.0 Å². The van der Waals surface area contributed by atoms with Crippen LogP contribution in [0.25, 0.3) is 0 Å². The molecule has 23 heavy (non-hydrogen) atoms. The molecule has 1 aromatic rings. The fourth-order valence-corrected chi connectivity index (χ4v) is 3.62. The number of fused-ring (bicyclic) bond motifs is 1. The van der Waals surface area contributed by atoms with E-state index in [2.05, 4.69) is 11.0 Å². The summed E-state index contributed by atoms with van der Waals surface area (Å²) >= 11 is 0. The molecule has 128 valence electrons. The minimum Gasteiger partial charge on any atom is -0.489 e. The van der Waals surface area contributed by atoms with Gasteiger partial charge in [-0.2, -0.15) is 0 Å². The first-order valence-electron chi connectivity index (χ1n) is 8.53. The molecule has 0 amide bonds. The molecule has 6 nitrogen and oxygen atoms in total. The molecule has 6 heteroatoms. The Bertz CT molecular complexity index is 512. The van der Waals surface area contributed by atoms with Gasteiger partial charge < -0.3 is 29.7 Å². The van der Waals surface area contributed by atoms with Gasteiger partial charge >= 0.3 is 0 Å². The highest BCUT2D eigenvalue weighted by molar-refractivity contribution is 5.65. The topological polar surface area (TPSA) is 68.0 Å². The predicted octanol–water partition coefficient (Wildman–Crippen LogP) is 0.697. The van der Waals surface area contributed by atoms with E-state index in [4.69, 9.17) is 15.2 Å². The van der Waals surface area contributed by atoms with Crippen LogP contribution in [0.4, 0.5) is 11.4 Å². The monoisotopic (exact) mass is 322 g/mol. The van der Waals surface area contributed by atoms with Gasteiger partial charge in [0, 0.05) is 24.7 Å². The van der Waals surface area contributed by atoms with E-state index in [0.717, 1.165) is 80.5 Å². The van der Waals surface area contributed by atoms with Crippen molar-refractivity contribution in [2.24, 2.45) is 0 Å². The highest BCUT2D eigenvalue weighted by atomic mass is 16.5. The third-order valence-corrected chi connectivity index (χ3v) is 5.00. The van der Waals surface area contributed by atoms with Crippen LogP contribution < -0.4 is 15.4 Å². The zero-order chi connectivity index (χ0) is 16.1. The predicted molar refractivity (Wildman–Crippen MR) is 90.8 cm³/mol. The molecule has 1 fully saturated rings. The molecule has 0 aliphatic carbocycles. The van der Waals surface area contributed by atoms with Gasteiger partial charge in [0.2, 0.25) is 0 Å². The van der Waals surface area contributed by atoms with Crippen LogP contribution in [0.5, 0.6) is 5.75 Å². The summed E-state index contributed by atoms with van der Waals surface area (Å²) in [6.07, 6.45) is 1.10. The van der Waals surface area contributed by atoms with Crippen LogP contribution in [0.3, 0.4) is 0 Å². The van der Waals surface area contributed by atoms with E-state index in [1.807, 2.05) is 12.1 Å². The van der Waals surface area contributed by atoms with Crippen molar-refractivity contribution in [3.05, 3.63) is 18.2 Å². The normalized spacial score (nSPS) is 20.0. The SMILES string of the molecule is Nc1ccc2c(c1)OCCN2CCC[N+]1(CCO)CCOCC1. The van der Waals surface area contributed by atoms with Crippen LogP contribution in [0.2, 0.25) is 0 Å². The number of anilines is 2. The number of quaternary nitrogens is 1. The van der Waals surface area contributed by atoms with E-state index in [1.54, 1.807) is 0 Å². The molecule has 0 bridgehead atoms. The Balaban J connectivity index is 1.58. The Kier molecular flexibility index (Phi) is 5.25. The van der Waals surface area contributed by atoms with Crippen molar-refractivity contribution in [2.45, 2.75) is 6.42 Å². The standard InChI is InChI=1S/C17H28N3O3/c18-15-2-3-16-17(14-15)23-11-5-19(16)4-1-6-20(7-10-21)8-12-22-13-9-20/h2-3,14,21H,1,4-13,18H2/q+1. The molecule has 3 rings (SSSR count). The molecule has 0 radical (unpaired) electrons. The van der Waals surface area contributed by atoms with Crippen molar-refractivity contribution in [2.75, 3.05) is 76.3 Å². The number of nitrogen functional groups attached to an aromatic ring is 1. The zero-order valence-electron chi connectivity index (χ0n) is 13.7. The molecule has 3 N–H and O–H groups in total. The molecule has 0 spiro atoms. The molecule has 1 saturated heterocycles. The molecular formula is C17H28N3O3+. The average molecular weight is 322 g/mol. The summed E-state index contributed by atoms with van der Waals surface area (Å²) < 4.78 is 12.2. The fourth-order valence-electron chi connectivity index (χ4n) is 3.62. The smallest absolute Gasteiger partial charge is 0.144 e. The summed E-state index contributed by atoms with van der Waals surface area (Å²) in [4.78, 5) is 2.38. The maximum Gasteiger partial charge on any atom is 0.144 e. The van der Waals surface area contributed by atoms with E-state index in [1.165, 1.54) is 0 Å². The van der Waals surface area contributed by atoms with Crippen LogP contribution in [0, 0.1) is 0 Å². The Morgan fingerprint density at radius 1 is 1.17 bits per heavy atom. The van der Waals surface area contributed by atoms with Gasteiger partial charge in [-0.1, -0.05) is 0 Å². The number of nitrogens with zero attached hydrogens (tertiary/aromatic N) is 2. The quantitative estimate of drug-likeness (QED) is 0.596. The molecular weight excluding hydrogens is 294 g/mol. The van der Waals surface area contributed by atoms with Crippen LogP contribution in [-0.4, -0.2) is 75.3 Å². The number of hydrogen-bond acceptors (Lipinski definition) is 5. The Morgan fingerprint density at radius 3 is 2.78 bits per heavy atom. The highest BCUT2D eigenvalue weighted by Crippen LogP contribution is 2.33. The van der Waals surface area contributed by atoms with E-state index in [-0.39, 0.29) is 6.61 Å². The molecule has 2 aliphatic heterocycles. The molecule has 0 aromatic heterocycles. The Morgan fingerprint density at radius 2 is 2.00 bits per heavy atom. The van der Waals surface area contributed by atoms with Crippen molar-refractivity contribution in [3.63, 3.8) is 0 Å². The van der Waals surface area contributed by atoms with Crippen LogP contribution in [0.15, 0.2) is 18.2 Å². The number of benzene rings is 1. The average Bonchev–Trinajstić information content (AvgIpc) is 2.56. The molecule has 0 unspecified atom stereocenters. The van der Waals surface area contributed by atoms with E-state index < -0.39 is 0 Å². The molecule has 1 aromatic carbocycles. The van der Waals surface area contributed by atoms with E-state index in [0.29, 0.717) is 6.61 Å². The lowest BCUT2D eigenvalue weighted by atomic mass is 10.2. The zero-order valence-corrected chi connectivity index (χ0v) is 13.7. The van der Waals surface area contributed by atoms with Crippen molar-refractivity contribution in [3.8, 4) is 5.75 Å². The summed E-state index contributed by atoms with van der Waals surface area (Å²) in [5, 5.41) is 9.39. The first kappa shape index (κ1) is 16.4. The van der Waals surface area contributed by atoms with Gasteiger partial charge in [0.15, 0.2) is 0 Å². The van der Waals surface area contributed by atoms with Crippen LogP contribution in [0.1, 0.15) is 6.42 Å². The number of aliphatic hydroxyl groups is 1. The minimum absolute atomic E-state index is 0.250. The summed E-state index contributed by atoms with van der Waals surface area (Å²) in [5.41, 5.74) is 7.72. The second-order valence-corrected chi connectivity index (χ2v) is 6.49. The van der Waals surface area contributed by atoms with Gasteiger partial charge in [-0.25, -0.2) is 0 Å². The van der Waals surface area contributed by atoms with Crippen molar-refractivity contribution < 1.29 is 19.1 Å². The van der Waals surface area contributed by atoms with Crippen LogP contribution >= 0.6 is 0 Å². The number of morpholine rings is 1. The summed E-state index contributed by atoms with van der Waals surface area (Å²) in [7, 11) is 0. The lowest BCUT2D eigenvalue weighted by Gasteiger charge is -2.41. The number of ether oxygens (including phenoxy) is 2. The van der Waals surface area contributed by atoms with Crippen molar-refractivity contribution in [1.29, 1.82) is 0 Å². The summed E-state index contributed by atoms with van der Waals surface area (Å²) in [5.74, 6) is 0.891. The lowest BCUT2D eigenvalue weighted by Crippen LogP contribution is -2.57. The second kappa shape index (κ2) is 7.38. The third-order valence-electron chi connectivity index (χ3n) is 5.00. The van der Waals surface area contributed by atoms with Gasteiger partial charge in [-0.15, -0.1) is 0 Å². The van der Waals surface area contributed by atoms with Gasteiger partial charge in [-0.05, 0) is 12.1 Å². The lowest BCUT2D eigenvalue weighted by molar-refractivity contribution is -0.935. The van der Waals surface area contributed by atoms with E-state index >= 15 is 0 Å². The highest BCUT2D eigenvalue weighted by Gasteiger charge is 2.29. The molecule has 2 heterocycles. The third kappa shape index (κ3) is 3.88. The maximum absolute atomic E-state index is 9.39.